The van der Waals surface area contributed by atoms with Gasteiger partial charge in [0.2, 0.25) is 0 Å². The summed E-state index contributed by atoms with van der Waals surface area (Å²) in [7, 11) is 0. The second-order valence-corrected chi connectivity index (χ2v) is 5.92. The molecule has 0 aromatic heterocycles. The van der Waals surface area contributed by atoms with Gasteiger partial charge in [-0.25, -0.2) is 8.78 Å². The average Bonchev–Trinajstić information content (AvgIpc) is 2.38. The van der Waals surface area contributed by atoms with Crippen molar-refractivity contribution in [3.63, 3.8) is 0 Å². The summed E-state index contributed by atoms with van der Waals surface area (Å²) in [5.41, 5.74) is 0.575. The molecule has 0 bridgehead atoms. The molecule has 0 amide bonds. The van der Waals surface area contributed by atoms with E-state index in [-0.39, 0.29) is 16.5 Å². The average molecular weight is 382 g/mol. The fourth-order valence-electron chi connectivity index (χ4n) is 1.79. The summed E-state index contributed by atoms with van der Waals surface area (Å²) in [6, 6.07) is 6.81. The van der Waals surface area contributed by atoms with Crippen molar-refractivity contribution in [3.8, 4) is 0 Å². The molecule has 1 atom stereocenters. The lowest BCUT2D eigenvalue weighted by Crippen LogP contribution is -2.05. The zero-order chi connectivity index (χ0) is 14.9. The fourth-order valence-corrected chi connectivity index (χ4v) is 2.43. The van der Waals surface area contributed by atoms with Gasteiger partial charge in [0.1, 0.15) is 11.6 Å². The molecule has 0 heterocycles. The lowest BCUT2D eigenvalue weighted by Gasteiger charge is -2.13. The number of halogens is 5. The lowest BCUT2D eigenvalue weighted by atomic mass is 10.0. The van der Waals surface area contributed by atoms with Gasteiger partial charge in [-0.15, -0.1) is 0 Å². The molecule has 0 fully saturated rings. The SMILES string of the molecule is OC(Cc1ccc(Cl)c(Cl)c1)c1cc(F)c(Br)cc1F. The van der Waals surface area contributed by atoms with Gasteiger partial charge < -0.3 is 5.11 Å². The summed E-state index contributed by atoms with van der Waals surface area (Å²) in [6.45, 7) is 0. The van der Waals surface area contributed by atoms with Crippen LogP contribution in [0.3, 0.4) is 0 Å². The second kappa shape index (κ2) is 6.39. The monoisotopic (exact) mass is 380 g/mol. The quantitative estimate of drug-likeness (QED) is 0.714. The minimum Gasteiger partial charge on any atom is -0.388 e. The summed E-state index contributed by atoms with van der Waals surface area (Å²) in [4.78, 5) is 0. The number of rotatable bonds is 3. The van der Waals surface area contributed by atoms with E-state index in [0.29, 0.717) is 15.6 Å². The summed E-state index contributed by atoms with van der Waals surface area (Å²) in [5, 5.41) is 10.8. The van der Waals surface area contributed by atoms with E-state index < -0.39 is 17.7 Å². The molecule has 1 unspecified atom stereocenters. The Kier molecular flexibility index (Phi) is 5.02. The third-order valence-corrected chi connectivity index (χ3v) is 4.16. The summed E-state index contributed by atoms with van der Waals surface area (Å²) >= 11 is 14.5. The van der Waals surface area contributed by atoms with E-state index in [0.717, 1.165) is 12.1 Å². The van der Waals surface area contributed by atoms with Crippen molar-refractivity contribution in [2.24, 2.45) is 0 Å². The Balaban J connectivity index is 2.25. The van der Waals surface area contributed by atoms with Crippen molar-refractivity contribution in [2.75, 3.05) is 0 Å². The van der Waals surface area contributed by atoms with E-state index in [4.69, 9.17) is 23.2 Å². The number of hydrogen-bond acceptors (Lipinski definition) is 1. The molecule has 0 spiro atoms. The van der Waals surface area contributed by atoms with E-state index in [1.165, 1.54) is 0 Å². The Morgan fingerprint density at radius 1 is 1.05 bits per heavy atom. The second-order valence-electron chi connectivity index (χ2n) is 4.26. The molecule has 0 aliphatic carbocycles. The minimum atomic E-state index is -1.17. The van der Waals surface area contributed by atoms with Crippen molar-refractivity contribution >= 4 is 39.1 Å². The summed E-state index contributed by atoms with van der Waals surface area (Å²) in [6.07, 6.45) is -1.07. The van der Waals surface area contributed by atoms with Crippen LogP contribution in [0, 0.1) is 11.6 Å². The van der Waals surface area contributed by atoms with Gasteiger partial charge in [-0.3, -0.25) is 0 Å². The van der Waals surface area contributed by atoms with Crippen LogP contribution in [-0.4, -0.2) is 5.11 Å². The standard InChI is InChI=1S/C14H9BrCl2F2O/c15-9-6-12(18)8(5-13(9)19)14(20)4-7-1-2-10(16)11(17)3-7/h1-3,5-6,14,20H,4H2. The number of aliphatic hydroxyl groups excluding tert-OH is 1. The maximum Gasteiger partial charge on any atom is 0.137 e. The molecule has 0 radical (unpaired) electrons. The predicted molar refractivity (Wildman–Crippen MR) is 79.2 cm³/mol. The van der Waals surface area contributed by atoms with E-state index >= 15 is 0 Å². The summed E-state index contributed by atoms with van der Waals surface area (Å²) < 4.78 is 27.1. The summed E-state index contributed by atoms with van der Waals surface area (Å²) in [5.74, 6) is -1.31. The van der Waals surface area contributed by atoms with Gasteiger partial charge in [0.05, 0.1) is 20.6 Å². The highest BCUT2D eigenvalue weighted by Crippen LogP contribution is 2.28. The van der Waals surface area contributed by atoms with Crippen molar-refractivity contribution in [3.05, 3.63) is 67.6 Å². The van der Waals surface area contributed by atoms with Crippen LogP contribution in [0.15, 0.2) is 34.8 Å². The largest absolute Gasteiger partial charge is 0.388 e. The van der Waals surface area contributed by atoms with Gasteiger partial charge in [0, 0.05) is 12.0 Å². The Bertz CT molecular complexity index is 649. The van der Waals surface area contributed by atoms with Crippen LogP contribution in [-0.2, 0) is 6.42 Å². The van der Waals surface area contributed by atoms with E-state index in [2.05, 4.69) is 15.9 Å². The maximum atomic E-state index is 13.7. The molecule has 1 N–H and O–H groups in total. The molecule has 106 valence electrons. The van der Waals surface area contributed by atoms with Crippen molar-refractivity contribution in [1.82, 2.24) is 0 Å². The van der Waals surface area contributed by atoms with Gasteiger partial charge in [0.15, 0.2) is 0 Å². The minimum absolute atomic E-state index is 0.0143. The fraction of sp³-hybridized carbons (Fsp3) is 0.143. The molecule has 2 rings (SSSR count). The Labute approximate surface area is 133 Å². The Morgan fingerprint density at radius 2 is 1.75 bits per heavy atom. The zero-order valence-electron chi connectivity index (χ0n) is 10.0. The molecule has 6 heteroatoms. The van der Waals surface area contributed by atoms with Crippen molar-refractivity contribution < 1.29 is 13.9 Å². The van der Waals surface area contributed by atoms with Gasteiger partial charge in [-0.1, -0.05) is 29.3 Å². The number of benzene rings is 2. The van der Waals surface area contributed by atoms with Crippen molar-refractivity contribution in [2.45, 2.75) is 12.5 Å². The van der Waals surface area contributed by atoms with Crippen LogP contribution in [0.2, 0.25) is 10.0 Å². The Hall–Kier alpha value is -0.680. The van der Waals surface area contributed by atoms with Crippen LogP contribution in [0.5, 0.6) is 0 Å². The molecule has 0 aliphatic rings. The molecule has 1 nitrogen and oxygen atoms in total. The lowest BCUT2D eigenvalue weighted by molar-refractivity contribution is 0.173. The highest BCUT2D eigenvalue weighted by molar-refractivity contribution is 9.10. The van der Waals surface area contributed by atoms with Gasteiger partial charge in [-0.05, 0) is 45.8 Å². The van der Waals surface area contributed by atoms with E-state index in [1.807, 2.05) is 0 Å². The number of hydrogen-bond donors (Lipinski definition) is 1. The van der Waals surface area contributed by atoms with E-state index in [1.54, 1.807) is 18.2 Å². The topological polar surface area (TPSA) is 20.2 Å². The Morgan fingerprint density at radius 3 is 2.40 bits per heavy atom. The molecular weight excluding hydrogens is 373 g/mol. The molecule has 0 saturated carbocycles. The van der Waals surface area contributed by atoms with E-state index in [9.17, 15) is 13.9 Å². The van der Waals surface area contributed by atoms with Crippen LogP contribution in [0.4, 0.5) is 8.78 Å². The molecule has 0 saturated heterocycles. The third kappa shape index (κ3) is 3.50. The van der Waals surface area contributed by atoms with Crippen LogP contribution >= 0.6 is 39.1 Å². The third-order valence-electron chi connectivity index (χ3n) is 2.81. The first-order chi connectivity index (χ1) is 9.38. The molecular formula is C14H9BrCl2F2O. The first-order valence-electron chi connectivity index (χ1n) is 5.65. The van der Waals surface area contributed by atoms with Gasteiger partial charge in [0.25, 0.3) is 0 Å². The van der Waals surface area contributed by atoms with Crippen LogP contribution in [0.1, 0.15) is 17.2 Å². The van der Waals surface area contributed by atoms with Gasteiger partial charge in [-0.2, -0.15) is 0 Å². The highest BCUT2D eigenvalue weighted by atomic mass is 79.9. The smallest absolute Gasteiger partial charge is 0.137 e. The van der Waals surface area contributed by atoms with Crippen LogP contribution in [0.25, 0.3) is 0 Å². The number of aliphatic hydroxyl groups is 1. The van der Waals surface area contributed by atoms with Crippen LogP contribution < -0.4 is 0 Å². The first-order valence-corrected chi connectivity index (χ1v) is 7.20. The first kappa shape index (κ1) is 15.7. The zero-order valence-corrected chi connectivity index (χ0v) is 13.1. The molecule has 2 aromatic carbocycles. The molecule has 2 aromatic rings. The molecule has 20 heavy (non-hydrogen) atoms. The maximum absolute atomic E-state index is 13.7. The van der Waals surface area contributed by atoms with Crippen molar-refractivity contribution in [1.29, 1.82) is 0 Å². The normalized spacial score (nSPS) is 12.5. The van der Waals surface area contributed by atoms with Gasteiger partial charge >= 0.3 is 0 Å². The predicted octanol–water partition coefficient (Wildman–Crippen LogP) is 5.31. The molecule has 0 aliphatic heterocycles. The highest BCUT2D eigenvalue weighted by Gasteiger charge is 2.17.